The molecule has 25 heavy (non-hydrogen) atoms. The molecule has 6 heteroatoms. The third-order valence-corrected chi connectivity index (χ3v) is 4.25. The molecule has 0 saturated carbocycles. The minimum Gasteiger partial charge on any atom is -0.484 e. The van der Waals surface area contributed by atoms with Crippen LogP contribution in [0.25, 0.3) is 0 Å². The molecule has 1 heterocycles. The van der Waals surface area contributed by atoms with Gasteiger partial charge in [-0.15, -0.1) is 0 Å². The summed E-state index contributed by atoms with van der Waals surface area (Å²) in [5.41, 5.74) is 1.83. The Morgan fingerprint density at radius 3 is 2.48 bits per heavy atom. The van der Waals surface area contributed by atoms with Crippen LogP contribution in [0.1, 0.15) is 18.4 Å². The second kappa shape index (κ2) is 8.03. The Kier molecular flexibility index (Phi) is 5.56. The van der Waals surface area contributed by atoms with Crippen LogP contribution in [0.5, 0.6) is 5.75 Å². The maximum absolute atomic E-state index is 11.9. The van der Waals surface area contributed by atoms with E-state index in [1.54, 1.807) is 29.2 Å². The summed E-state index contributed by atoms with van der Waals surface area (Å²) < 4.78 is 5.48. The number of benzene rings is 2. The highest BCUT2D eigenvalue weighted by Crippen LogP contribution is 2.23. The monoisotopic (exact) mass is 358 g/mol. The SMILES string of the molecule is O=C(COc1ccc(N2CCCC2=O)cc1)NCc1ccc(Cl)cc1. The molecule has 2 aromatic rings. The van der Waals surface area contributed by atoms with Crippen LogP contribution in [0.4, 0.5) is 5.69 Å². The van der Waals surface area contributed by atoms with Crippen LogP contribution < -0.4 is 15.0 Å². The number of nitrogens with zero attached hydrogens (tertiary/aromatic N) is 1. The number of amides is 2. The summed E-state index contributed by atoms with van der Waals surface area (Å²) in [5.74, 6) is 0.543. The molecule has 0 atom stereocenters. The third-order valence-electron chi connectivity index (χ3n) is 3.99. The molecule has 1 aliphatic rings. The fourth-order valence-electron chi connectivity index (χ4n) is 2.65. The van der Waals surface area contributed by atoms with Gasteiger partial charge in [0.2, 0.25) is 5.91 Å². The molecule has 2 amide bonds. The number of halogens is 1. The summed E-state index contributed by atoms with van der Waals surface area (Å²) >= 11 is 5.82. The number of rotatable bonds is 6. The highest BCUT2D eigenvalue weighted by Gasteiger charge is 2.21. The fraction of sp³-hybridized carbons (Fsp3) is 0.263. The Bertz CT molecular complexity index is 744. The number of anilines is 1. The second-order valence-electron chi connectivity index (χ2n) is 5.83. The quantitative estimate of drug-likeness (QED) is 0.862. The summed E-state index contributed by atoms with van der Waals surface area (Å²) in [4.78, 5) is 25.3. The van der Waals surface area contributed by atoms with E-state index in [1.807, 2.05) is 24.3 Å². The molecule has 130 valence electrons. The highest BCUT2D eigenvalue weighted by atomic mass is 35.5. The van der Waals surface area contributed by atoms with Crippen molar-refractivity contribution in [3.63, 3.8) is 0 Å². The molecule has 0 unspecified atom stereocenters. The maximum atomic E-state index is 11.9. The van der Waals surface area contributed by atoms with Crippen LogP contribution in [0.2, 0.25) is 5.02 Å². The van der Waals surface area contributed by atoms with Crippen LogP contribution in [0.15, 0.2) is 48.5 Å². The summed E-state index contributed by atoms with van der Waals surface area (Å²) in [6.07, 6.45) is 1.50. The average molecular weight is 359 g/mol. The lowest BCUT2D eigenvalue weighted by Gasteiger charge is -2.16. The molecule has 1 N–H and O–H groups in total. The minimum absolute atomic E-state index is 0.0599. The zero-order valence-electron chi connectivity index (χ0n) is 13.7. The van der Waals surface area contributed by atoms with Crippen molar-refractivity contribution in [2.24, 2.45) is 0 Å². The molecular weight excluding hydrogens is 340 g/mol. The van der Waals surface area contributed by atoms with E-state index < -0.39 is 0 Å². The van der Waals surface area contributed by atoms with Gasteiger partial charge < -0.3 is 15.0 Å². The first kappa shape index (κ1) is 17.3. The van der Waals surface area contributed by atoms with Crippen molar-refractivity contribution in [2.45, 2.75) is 19.4 Å². The lowest BCUT2D eigenvalue weighted by molar-refractivity contribution is -0.123. The predicted molar refractivity (Wildman–Crippen MR) is 96.8 cm³/mol. The first-order valence-corrected chi connectivity index (χ1v) is 8.54. The molecule has 3 rings (SSSR count). The van der Waals surface area contributed by atoms with Crippen molar-refractivity contribution in [3.8, 4) is 5.75 Å². The van der Waals surface area contributed by atoms with Gasteiger partial charge in [-0.25, -0.2) is 0 Å². The zero-order chi connectivity index (χ0) is 17.6. The van der Waals surface area contributed by atoms with Crippen molar-refractivity contribution in [1.82, 2.24) is 5.32 Å². The number of nitrogens with one attached hydrogen (secondary N) is 1. The first-order valence-electron chi connectivity index (χ1n) is 8.16. The Labute approximate surface area is 151 Å². The summed E-state index contributed by atoms with van der Waals surface area (Å²) in [6, 6.07) is 14.5. The van der Waals surface area contributed by atoms with Gasteiger partial charge in [-0.2, -0.15) is 0 Å². The minimum atomic E-state index is -0.200. The van der Waals surface area contributed by atoms with Gasteiger partial charge in [-0.05, 0) is 48.4 Å². The molecular formula is C19H19ClN2O3. The lowest BCUT2D eigenvalue weighted by atomic mass is 10.2. The number of hydrogen-bond donors (Lipinski definition) is 1. The summed E-state index contributed by atoms with van der Waals surface area (Å²) in [7, 11) is 0. The Hall–Kier alpha value is -2.53. The molecule has 0 radical (unpaired) electrons. The molecule has 0 aromatic heterocycles. The van der Waals surface area contributed by atoms with E-state index in [4.69, 9.17) is 16.3 Å². The molecule has 1 saturated heterocycles. The number of hydrogen-bond acceptors (Lipinski definition) is 3. The van der Waals surface area contributed by atoms with E-state index in [2.05, 4.69) is 5.32 Å². The van der Waals surface area contributed by atoms with Crippen LogP contribution in [0, 0.1) is 0 Å². The molecule has 0 bridgehead atoms. The molecule has 2 aromatic carbocycles. The lowest BCUT2D eigenvalue weighted by Crippen LogP contribution is -2.28. The molecule has 5 nitrogen and oxygen atoms in total. The van der Waals surface area contributed by atoms with E-state index in [0.717, 1.165) is 24.2 Å². The average Bonchev–Trinajstić information content (AvgIpc) is 3.06. The van der Waals surface area contributed by atoms with Gasteiger partial charge in [0.15, 0.2) is 6.61 Å². The second-order valence-corrected chi connectivity index (χ2v) is 6.27. The van der Waals surface area contributed by atoms with Gasteiger partial charge >= 0.3 is 0 Å². The van der Waals surface area contributed by atoms with Gasteiger partial charge in [-0.1, -0.05) is 23.7 Å². The van der Waals surface area contributed by atoms with Gasteiger partial charge in [0.05, 0.1) is 0 Å². The zero-order valence-corrected chi connectivity index (χ0v) is 14.5. The highest BCUT2D eigenvalue weighted by molar-refractivity contribution is 6.30. The normalized spacial score (nSPS) is 13.8. The van der Waals surface area contributed by atoms with Crippen molar-refractivity contribution in [2.75, 3.05) is 18.1 Å². The largest absolute Gasteiger partial charge is 0.484 e. The van der Waals surface area contributed by atoms with Crippen LogP contribution in [0.3, 0.4) is 0 Å². The van der Waals surface area contributed by atoms with E-state index in [0.29, 0.717) is 23.7 Å². The third kappa shape index (κ3) is 4.73. The Balaban J connectivity index is 1.45. The van der Waals surface area contributed by atoms with Crippen molar-refractivity contribution >= 4 is 29.1 Å². The molecule has 1 fully saturated rings. The van der Waals surface area contributed by atoms with E-state index in [9.17, 15) is 9.59 Å². The summed E-state index contributed by atoms with van der Waals surface area (Å²) in [6.45, 7) is 1.12. The van der Waals surface area contributed by atoms with Crippen LogP contribution in [-0.2, 0) is 16.1 Å². The van der Waals surface area contributed by atoms with E-state index in [-0.39, 0.29) is 18.4 Å². The topological polar surface area (TPSA) is 58.6 Å². The van der Waals surface area contributed by atoms with Gasteiger partial charge in [0.1, 0.15) is 5.75 Å². The Morgan fingerprint density at radius 2 is 1.84 bits per heavy atom. The maximum Gasteiger partial charge on any atom is 0.258 e. The van der Waals surface area contributed by atoms with Crippen LogP contribution in [-0.4, -0.2) is 25.0 Å². The first-order chi connectivity index (χ1) is 12.1. The standard InChI is InChI=1S/C19H19ClN2O3/c20-15-5-3-14(4-6-15)12-21-18(23)13-25-17-9-7-16(8-10-17)22-11-1-2-19(22)24/h3-10H,1-2,11-13H2,(H,21,23). The van der Waals surface area contributed by atoms with E-state index >= 15 is 0 Å². The van der Waals surface area contributed by atoms with Gasteiger partial charge in [-0.3, -0.25) is 9.59 Å². The van der Waals surface area contributed by atoms with Crippen molar-refractivity contribution in [1.29, 1.82) is 0 Å². The fourth-order valence-corrected chi connectivity index (χ4v) is 2.77. The number of carbonyl (C=O) groups excluding carboxylic acids is 2. The van der Waals surface area contributed by atoms with Crippen molar-refractivity contribution in [3.05, 3.63) is 59.1 Å². The number of carbonyl (C=O) groups is 2. The summed E-state index contributed by atoms with van der Waals surface area (Å²) in [5, 5.41) is 3.46. The predicted octanol–water partition coefficient (Wildman–Crippen LogP) is 3.16. The smallest absolute Gasteiger partial charge is 0.258 e. The van der Waals surface area contributed by atoms with E-state index in [1.165, 1.54) is 0 Å². The Morgan fingerprint density at radius 1 is 1.12 bits per heavy atom. The van der Waals surface area contributed by atoms with Crippen molar-refractivity contribution < 1.29 is 14.3 Å². The number of ether oxygens (including phenoxy) is 1. The van der Waals surface area contributed by atoms with Gasteiger partial charge in [0, 0.05) is 30.2 Å². The van der Waals surface area contributed by atoms with Gasteiger partial charge in [0.25, 0.3) is 5.91 Å². The van der Waals surface area contributed by atoms with Crippen LogP contribution >= 0.6 is 11.6 Å². The molecule has 1 aliphatic heterocycles. The molecule has 0 aliphatic carbocycles. The molecule has 0 spiro atoms.